The van der Waals surface area contributed by atoms with Gasteiger partial charge in [0.25, 0.3) is 0 Å². The Kier molecular flexibility index (Phi) is 13.3. The maximum absolute atomic E-state index is 13.4. The van der Waals surface area contributed by atoms with Crippen LogP contribution in [0.2, 0.25) is 5.02 Å². The fourth-order valence-corrected chi connectivity index (χ4v) is 4.66. The van der Waals surface area contributed by atoms with Crippen molar-refractivity contribution in [1.82, 2.24) is 4.90 Å². The number of rotatable bonds is 15. The molecule has 2 aromatic rings. The first-order valence-corrected chi connectivity index (χ1v) is 14.8. The molecule has 0 unspecified atom stereocenters. The Morgan fingerprint density at radius 3 is 2.23 bits per heavy atom. The summed E-state index contributed by atoms with van der Waals surface area (Å²) in [6, 6.07) is 13.3. The number of hydrogen-bond acceptors (Lipinski definition) is 5. The zero-order chi connectivity index (χ0) is 30.0. The maximum Gasteiger partial charge on any atom is 0.192 e. The van der Waals surface area contributed by atoms with Crippen LogP contribution in [0.4, 0.5) is 0 Å². The van der Waals surface area contributed by atoms with Gasteiger partial charge in [0.05, 0.1) is 11.1 Å². The minimum Gasteiger partial charge on any atom is -0.489 e. The summed E-state index contributed by atoms with van der Waals surface area (Å²) in [5, 5.41) is 0.376. The number of ether oxygens (including phenoxy) is 1. The minimum atomic E-state index is -0.193. The van der Waals surface area contributed by atoms with Gasteiger partial charge in [0.1, 0.15) is 5.75 Å². The van der Waals surface area contributed by atoms with Gasteiger partial charge in [0.2, 0.25) is 0 Å². The van der Waals surface area contributed by atoms with E-state index in [0.717, 1.165) is 22.3 Å². The largest absolute Gasteiger partial charge is 0.489 e. The lowest BCUT2D eigenvalue weighted by Gasteiger charge is -2.19. The highest BCUT2D eigenvalue weighted by Crippen LogP contribution is 2.30. The second-order valence-electron chi connectivity index (χ2n) is 10.4. The second kappa shape index (κ2) is 15.9. The van der Waals surface area contributed by atoms with Gasteiger partial charge in [0, 0.05) is 31.8 Å². The number of carbonyl (C=O) groups is 3. The first-order chi connectivity index (χ1) is 18.8. The molecule has 5 nitrogen and oxygen atoms in total. The molecule has 2 aromatic carbocycles. The van der Waals surface area contributed by atoms with Crippen LogP contribution in [0.1, 0.15) is 68.9 Å². The molecule has 0 aliphatic heterocycles. The standard InChI is InChI=1S/C33H39ClINO4/c1-21(2)40-31-14-12-29(19-30(31)34)33(39)24(5)28(13-15-32(35)38)18-26-8-10-27(11-9-26)23(4)20-36(7)17-16-22(3)25(6)37/h8-12,14,16,19-21,28H,5,13,15,17-18H2,1-4,6-7H3/b22-16-,23-20+/t28-/m1/s1. The number of halogens is 2. The van der Waals surface area contributed by atoms with Gasteiger partial charge in [-0.25, -0.2) is 0 Å². The third-order valence-corrected chi connectivity index (χ3v) is 7.41. The summed E-state index contributed by atoms with van der Waals surface area (Å²) < 4.78 is 5.73. The van der Waals surface area contributed by atoms with Gasteiger partial charge in [-0.2, -0.15) is 0 Å². The predicted octanol–water partition coefficient (Wildman–Crippen LogP) is 8.29. The second-order valence-corrected chi connectivity index (χ2v) is 12.0. The lowest BCUT2D eigenvalue weighted by Crippen LogP contribution is -2.16. The summed E-state index contributed by atoms with van der Waals surface area (Å²) >= 11 is 8.17. The molecule has 0 aromatic heterocycles. The highest BCUT2D eigenvalue weighted by molar-refractivity contribution is 14.1. The van der Waals surface area contributed by atoms with Crippen LogP contribution < -0.4 is 4.74 Å². The van der Waals surface area contributed by atoms with E-state index in [1.165, 1.54) is 0 Å². The number of benzene rings is 2. The molecule has 0 heterocycles. The van der Waals surface area contributed by atoms with Gasteiger partial charge in [-0.05, 0) is 122 Å². The molecule has 2 rings (SSSR count). The smallest absolute Gasteiger partial charge is 0.192 e. The van der Waals surface area contributed by atoms with Crippen molar-refractivity contribution >= 4 is 55.1 Å². The van der Waals surface area contributed by atoms with Crippen molar-refractivity contribution in [3.8, 4) is 5.75 Å². The van der Waals surface area contributed by atoms with Gasteiger partial charge in [0.15, 0.2) is 15.4 Å². The van der Waals surface area contributed by atoms with Crippen LogP contribution in [0.25, 0.3) is 5.57 Å². The first-order valence-electron chi connectivity index (χ1n) is 13.3. The molecule has 1 atom stereocenters. The van der Waals surface area contributed by atoms with E-state index < -0.39 is 0 Å². The topological polar surface area (TPSA) is 63.7 Å². The molecule has 0 N–H and O–H groups in total. The van der Waals surface area contributed by atoms with Crippen LogP contribution in [-0.2, 0) is 16.0 Å². The molecule has 40 heavy (non-hydrogen) atoms. The van der Waals surface area contributed by atoms with Crippen LogP contribution in [0.3, 0.4) is 0 Å². The quantitative estimate of drug-likeness (QED) is 0.0823. The van der Waals surface area contributed by atoms with E-state index in [1.807, 2.05) is 45.7 Å². The predicted molar refractivity (Wildman–Crippen MR) is 173 cm³/mol. The molecule has 0 fully saturated rings. The Morgan fingerprint density at radius 2 is 1.68 bits per heavy atom. The molecule has 0 spiro atoms. The number of likely N-dealkylation sites (N-methyl/N-ethyl adjacent to an activating group) is 1. The Morgan fingerprint density at radius 1 is 1.05 bits per heavy atom. The Balaban J connectivity index is 2.18. The van der Waals surface area contributed by atoms with Crippen LogP contribution in [0.5, 0.6) is 5.75 Å². The van der Waals surface area contributed by atoms with Crippen molar-refractivity contribution in [2.75, 3.05) is 13.6 Å². The van der Waals surface area contributed by atoms with Gasteiger partial charge in [-0.15, -0.1) is 0 Å². The van der Waals surface area contributed by atoms with E-state index >= 15 is 0 Å². The van der Waals surface area contributed by atoms with Crippen molar-refractivity contribution < 1.29 is 19.1 Å². The van der Waals surface area contributed by atoms with Crippen molar-refractivity contribution in [3.63, 3.8) is 0 Å². The average Bonchev–Trinajstić information content (AvgIpc) is 2.89. The van der Waals surface area contributed by atoms with Crippen LogP contribution in [-0.4, -0.2) is 40.0 Å². The van der Waals surface area contributed by atoms with Crippen LogP contribution in [0, 0.1) is 5.92 Å². The Hall–Kier alpha value is -2.71. The minimum absolute atomic E-state index is 0.0325. The molecule has 0 amide bonds. The summed E-state index contributed by atoms with van der Waals surface area (Å²) in [6.45, 7) is 14.1. The van der Waals surface area contributed by atoms with Gasteiger partial charge in [-0.3, -0.25) is 14.4 Å². The van der Waals surface area contributed by atoms with E-state index in [-0.39, 0.29) is 27.4 Å². The fourth-order valence-electron chi connectivity index (χ4n) is 4.12. The number of carbonyl (C=O) groups excluding carboxylic acids is 3. The monoisotopic (exact) mass is 675 g/mol. The van der Waals surface area contributed by atoms with E-state index in [4.69, 9.17) is 16.3 Å². The number of ketones is 2. The molecule has 7 heteroatoms. The SMILES string of the molecule is C=C(C(=O)c1ccc(OC(C)C)c(Cl)c1)[C@H](CCC(=O)I)Cc1ccc(/C(C)=C/N(C)C/C=C(/C)C(C)=O)cc1. The molecule has 0 aliphatic rings. The lowest BCUT2D eigenvalue weighted by molar-refractivity contribution is -0.113. The third-order valence-electron chi connectivity index (χ3n) is 6.58. The van der Waals surface area contributed by atoms with E-state index in [1.54, 1.807) is 47.7 Å². The highest BCUT2D eigenvalue weighted by atomic mass is 127. The zero-order valence-electron chi connectivity index (χ0n) is 24.2. The summed E-state index contributed by atoms with van der Waals surface area (Å²) in [5.74, 6) is 0.232. The molecule has 0 aliphatic carbocycles. The molecule has 0 radical (unpaired) electrons. The molecule has 0 saturated heterocycles. The molecular formula is C33H39ClINO4. The number of allylic oxidation sites excluding steroid dienone is 3. The number of nitrogens with zero attached hydrogens (tertiary/aromatic N) is 1. The highest BCUT2D eigenvalue weighted by Gasteiger charge is 2.22. The fraction of sp³-hybridized carbons (Fsp3) is 0.364. The van der Waals surface area contributed by atoms with Gasteiger partial charge in [-0.1, -0.05) is 48.5 Å². The third kappa shape index (κ3) is 10.7. The van der Waals surface area contributed by atoms with Crippen molar-refractivity contribution in [1.29, 1.82) is 0 Å². The van der Waals surface area contributed by atoms with Crippen LogP contribution in [0.15, 0.2) is 72.5 Å². The molecule has 0 saturated carbocycles. The van der Waals surface area contributed by atoms with E-state index in [9.17, 15) is 14.4 Å². The van der Waals surface area contributed by atoms with Crippen molar-refractivity contribution in [3.05, 3.63) is 94.2 Å². The number of hydrogen-bond donors (Lipinski definition) is 0. The maximum atomic E-state index is 13.4. The molecule has 0 bridgehead atoms. The summed E-state index contributed by atoms with van der Waals surface area (Å²) in [7, 11) is 1.97. The summed E-state index contributed by atoms with van der Waals surface area (Å²) in [5.41, 5.74) is 4.89. The lowest BCUT2D eigenvalue weighted by atomic mass is 9.85. The molecular weight excluding hydrogens is 637 g/mol. The Bertz CT molecular complexity index is 1290. The molecule has 214 valence electrons. The summed E-state index contributed by atoms with van der Waals surface area (Å²) in [4.78, 5) is 38.6. The van der Waals surface area contributed by atoms with E-state index in [0.29, 0.717) is 47.7 Å². The summed E-state index contributed by atoms with van der Waals surface area (Å²) in [6.07, 6.45) is 5.43. The zero-order valence-corrected chi connectivity index (χ0v) is 27.1. The van der Waals surface area contributed by atoms with Gasteiger partial charge < -0.3 is 9.64 Å². The normalized spacial score (nSPS) is 12.7. The van der Waals surface area contributed by atoms with Crippen molar-refractivity contribution in [2.45, 2.75) is 60.0 Å². The average molecular weight is 676 g/mol. The van der Waals surface area contributed by atoms with Gasteiger partial charge >= 0.3 is 0 Å². The Labute approximate surface area is 257 Å². The van der Waals surface area contributed by atoms with E-state index in [2.05, 4.69) is 37.0 Å². The number of Topliss-reactive ketones (excluding diaryl/α,β-unsaturated/α-hetero) is 2. The first kappa shape index (κ1) is 33.5. The van der Waals surface area contributed by atoms with Crippen LogP contribution >= 0.6 is 34.2 Å². The van der Waals surface area contributed by atoms with Crippen molar-refractivity contribution in [2.24, 2.45) is 5.92 Å².